The fourth-order valence-corrected chi connectivity index (χ4v) is 5.55. The zero-order chi connectivity index (χ0) is 22.1. The van der Waals surface area contributed by atoms with Gasteiger partial charge in [0.2, 0.25) is 5.91 Å². The summed E-state index contributed by atoms with van der Waals surface area (Å²) in [7, 11) is 0. The normalized spacial score (nSPS) is 24.3. The summed E-state index contributed by atoms with van der Waals surface area (Å²) in [5, 5.41) is 6.81. The molecule has 1 N–H and O–H groups in total. The smallest absolute Gasteiger partial charge is 0.300 e. The van der Waals surface area contributed by atoms with E-state index in [-0.39, 0.29) is 11.9 Å². The molecule has 0 aromatic carbocycles. The number of imide groups is 1. The lowest BCUT2D eigenvalue weighted by atomic mass is 9.88. The van der Waals surface area contributed by atoms with E-state index in [0.29, 0.717) is 19.0 Å². The molecule has 1 atom stereocenters. The van der Waals surface area contributed by atoms with Crippen LogP contribution in [0.25, 0.3) is 5.52 Å². The minimum absolute atomic E-state index is 0.222. The lowest BCUT2D eigenvalue weighted by molar-refractivity contribution is -0.120. The number of aromatic nitrogens is 2. The van der Waals surface area contributed by atoms with Crippen LogP contribution in [0.15, 0.2) is 24.5 Å². The number of hydrogen-bond acceptors (Lipinski definition) is 5. The Hall–Kier alpha value is -2.45. The Balaban J connectivity index is 1.24. The van der Waals surface area contributed by atoms with E-state index in [1.54, 1.807) is 15.6 Å². The van der Waals surface area contributed by atoms with Gasteiger partial charge in [-0.05, 0) is 43.4 Å². The first-order chi connectivity index (χ1) is 15.6. The van der Waals surface area contributed by atoms with E-state index in [0.717, 1.165) is 43.3 Å². The van der Waals surface area contributed by atoms with Crippen LogP contribution in [0.3, 0.4) is 0 Å². The summed E-state index contributed by atoms with van der Waals surface area (Å²) in [4.78, 5) is 30.7. The first-order valence-electron chi connectivity index (χ1n) is 12.1. The molecule has 1 saturated carbocycles. The molecule has 1 aliphatic carbocycles. The number of hydrogen-bond donors (Lipinski definition) is 1. The standard InChI is InChI=1S/C24H34N6O2/c1-18-15-27(16-19-5-3-2-4-6-19)11-12-28(18)17-20-7-10-30-21(13-20)22(14-25-30)29-9-8-23(31)26-24(29)32/h7,10,13-14,18-19H,2-6,8-9,11-12,15-17H2,1H3,(H,26,31,32). The molecule has 2 aromatic heterocycles. The summed E-state index contributed by atoms with van der Waals surface area (Å²) >= 11 is 0. The van der Waals surface area contributed by atoms with Gasteiger partial charge in [-0.25, -0.2) is 9.31 Å². The molecule has 8 heteroatoms. The maximum Gasteiger partial charge on any atom is 0.328 e. The lowest BCUT2D eigenvalue weighted by Gasteiger charge is -2.41. The number of anilines is 1. The monoisotopic (exact) mass is 438 g/mol. The second-order valence-electron chi connectivity index (χ2n) is 9.73. The number of piperazine rings is 1. The van der Waals surface area contributed by atoms with E-state index in [1.165, 1.54) is 44.2 Å². The van der Waals surface area contributed by atoms with Crippen LogP contribution in [0, 0.1) is 5.92 Å². The maximum atomic E-state index is 12.3. The van der Waals surface area contributed by atoms with Gasteiger partial charge in [0.1, 0.15) is 0 Å². The molecule has 1 unspecified atom stereocenters. The van der Waals surface area contributed by atoms with Gasteiger partial charge in [0, 0.05) is 57.9 Å². The van der Waals surface area contributed by atoms with Gasteiger partial charge in [-0.1, -0.05) is 19.3 Å². The zero-order valence-electron chi connectivity index (χ0n) is 19.0. The number of urea groups is 1. The highest BCUT2D eigenvalue weighted by Crippen LogP contribution is 2.27. The van der Waals surface area contributed by atoms with Crippen molar-refractivity contribution in [1.29, 1.82) is 0 Å². The van der Waals surface area contributed by atoms with E-state index in [2.05, 4.69) is 39.3 Å². The van der Waals surface area contributed by atoms with Crippen molar-refractivity contribution in [3.8, 4) is 0 Å². The highest BCUT2D eigenvalue weighted by atomic mass is 16.2. The molecule has 5 rings (SSSR count). The fourth-order valence-electron chi connectivity index (χ4n) is 5.55. The topological polar surface area (TPSA) is 73.2 Å². The first kappa shape index (κ1) is 21.4. The highest BCUT2D eigenvalue weighted by Gasteiger charge is 2.28. The van der Waals surface area contributed by atoms with E-state index in [9.17, 15) is 9.59 Å². The fraction of sp³-hybridized carbons (Fsp3) is 0.625. The highest BCUT2D eigenvalue weighted by molar-refractivity contribution is 6.07. The summed E-state index contributed by atoms with van der Waals surface area (Å²) in [5.74, 6) is 0.674. The van der Waals surface area contributed by atoms with Gasteiger partial charge >= 0.3 is 6.03 Å². The molecular weight excluding hydrogens is 404 g/mol. The Bertz CT molecular complexity index is 982. The van der Waals surface area contributed by atoms with Crippen LogP contribution in [0.2, 0.25) is 0 Å². The van der Waals surface area contributed by atoms with Crippen molar-refractivity contribution in [3.63, 3.8) is 0 Å². The molecule has 2 aromatic rings. The van der Waals surface area contributed by atoms with Crippen molar-refractivity contribution in [2.24, 2.45) is 5.92 Å². The third-order valence-corrected chi connectivity index (χ3v) is 7.39. The average molecular weight is 439 g/mol. The minimum Gasteiger partial charge on any atom is -0.300 e. The van der Waals surface area contributed by atoms with E-state index in [1.807, 2.05) is 6.20 Å². The minimum atomic E-state index is -0.371. The van der Waals surface area contributed by atoms with Crippen molar-refractivity contribution in [1.82, 2.24) is 24.7 Å². The second kappa shape index (κ2) is 9.19. The van der Waals surface area contributed by atoms with Gasteiger partial charge in [-0.2, -0.15) is 5.10 Å². The maximum absolute atomic E-state index is 12.3. The van der Waals surface area contributed by atoms with Crippen molar-refractivity contribution < 1.29 is 9.59 Å². The van der Waals surface area contributed by atoms with Crippen LogP contribution in [0.1, 0.15) is 51.0 Å². The number of carbonyl (C=O) groups excluding carboxylic acids is 2. The van der Waals surface area contributed by atoms with Crippen molar-refractivity contribution in [2.45, 2.75) is 58.0 Å². The number of pyridine rings is 1. The molecule has 0 bridgehead atoms. The van der Waals surface area contributed by atoms with Crippen LogP contribution in [0.5, 0.6) is 0 Å². The number of nitrogens with one attached hydrogen (secondary N) is 1. The number of rotatable bonds is 5. The molecule has 2 saturated heterocycles. The number of amides is 3. The van der Waals surface area contributed by atoms with Gasteiger partial charge in [-0.15, -0.1) is 0 Å². The van der Waals surface area contributed by atoms with Crippen molar-refractivity contribution in [2.75, 3.05) is 37.6 Å². The number of nitrogens with zero attached hydrogens (tertiary/aromatic N) is 5. The summed E-state index contributed by atoms with van der Waals surface area (Å²) in [6, 6.07) is 4.40. The Labute approximate surface area is 189 Å². The van der Waals surface area contributed by atoms with Gasteiger partial charge < -0.3 is 4.90 Å². The van der Waals surface area contributed by atoms with E-state index < -0.39 is 0 Å². The molecule has 3 fully saturated rings. The molecule has 4 heterocycles. The van der Waals surface area contributed by atoms with Gasteiger partial charge in [-0.3, -0.25) is 19.9 Å². The molecule has 2 aliphatic heterocycles. The molecule has 8 nitrogen and oxygen atoms in total. The largest absolute Gasteiger partial charge is 0.328 e. The van der Waals surface area contributed by atoms with Gasteiger partial charge in [0.05, 0.1) is 17.4 Å². The summed E-state index contributed by atoms with van der Waals surface area (Å²) in [5.41, 5.74) is 2.87. The average Bonchev–Trinajstić information content (AvgIpc) is 3.19. The number of fused-ring (bicyclic) bond motifs is 1. The second-order valence-corrected chi connectivity index (χ2v) is 9.73. The molecule has 32 heavy (non-hydrogen) atoms. The Morgan fingerprint density at radius 2 is 1.97 bits per heavy atom. The van der Waals surface area contributed by atoms with Crippen LogP contribution in [-0.4, -0.2) is 70.1 Å². The Morgan fingerprint density at radius 1 is 1.12 bits per heavy atom. The predicted molar refractivity (Wildman–Crippen MR) is 124 cm³/mol. The van der Waals surface area contributed by atoms with Crippen LogP contribution in [0.4, 0.5) is 10.5 Å². The quantitative estimate of drug-likeness (QED) is 0.777. The van der Waals surface area contributed by atoms with Gasteiger partial charge in [0.25, 0.3) is 0 Å². The van der Waals surface area contributed by atoms with Crippen LogP contribution in [-0.2, 0) is 11.3 Å². The van der Waals surface area contributed by atoms with E-state index >= 15 is 0 Å². The molecule has 3 amide bonds. The lowest BCUT2D eigenvalue weighted by Crippen LogP contribution is -2.52. The summed E-state index contributed by atoms with van der Waals surface area (Å²) in [6.07, 6.45) is 11.0. The first-order valence-corrected chi connectivity index (χ1v) is 12.1. The van der Waals surface area contributed by atoms with Crippen molar-refractivity contribution >= 4 is 23.1 Å². The SMILES string of the molecule is CC1CN(CC2CCCCC2)CCN1Cc1ccn2ncc(N3CCC(=O)NC3=O)c2c1. The summed E-state index contributed by atoms with van der Waals surface area (Å²) in [6.45, 7) is 8.25. The Morgan fingerprint density at radius 3 is 2.75 bits per heavy atom. The summed E-state index contributed by atoms with van der Waals surface area (Å²) < 4.78 is 1.80. The number of carbonyl (C=O) groups is 2. The van der Waals surface area contributed by atoms with Gasteiger partial charge in [0.15, 0.2) is 0 Å². The zero-order valence-corrected chi connectivity index (χ0v) is 19.0. The predicted octanol–water partition coefficient (Wildman–Crippen LogP) is 2.87. The molecule has 3 aliphatic rings. The third kappa shape index (κ3) is 4.52. The van der Waals surface area contributed by atoms with E-state index in [4.69, 9.17) is 0 Å². The molecule has 172 valence electrons. The van der Waals surface area contributed by atoms with Crippen LogP contribution < -0.4 is 10.2 Å². The van der Waals surface area contributed by atoms with Crippen LogP contribution >= 0.6 is 0 Å². The van der Waals surface area contributed by atoms with Crippen molar-refractivity contribution in [3.05, 3.63) is 30.1 Å². The molecule has 0 spiro atoms. The molecule has 0 radical (unpaired) electrons. The Kier molecular flexibility index (Phi) is 6.15. The molecular formula is C24H34N6O2. The third-order valence-electron chi connectivity index (χ3n) is 7.39.